The maximum atomic E-state index is 11.6. The number of hydrogen-bond donors (Lipinski definition) is 0. The predicted octanol–water partition coefficient (Wildman–Crippen LogP) is 5.45. The van der Waals surface area contributed by atoms with Crippen molar-refractivity contribution in [3.8, 4) is 0 Å². The molecule has 0 aliphatic rings. The zero-order valence-electron chi connectivity index (χ0n) is 12.0. The minimum absolute atomic E-state index is 0.225. The molecule has 104 valence electrons. The molecule has 1 aromatic rings. The Morgan fingerprint density at radius 2 is 1.17 bits per heavy atom. The van der Waals surface area contributed by atoms with Gasteiger partial charge in [0.25, 0.3) is 4.06 Å². The van der Waals surface area contributed by atoms with Gasteiger partial charge >= 0.3 is 0 Å². The van der Waals surface area contributed by atoms with Gasteiger partial charge in [-0.25, -0.2) is 0 Å². The van der Waals surface area contributed by atoms with Crippen LogP contribution >= 0.6 is 46.2 Å². The van der Waals surface area contributed by atoms with E-state index in [0.29, 0.717) is 10.8 Å². The Morgan fingerprint density at radius 1 is 0.833 bits per heavy atom. The minimum atomic E-state index is 0.225. The lowest BCUT2D eigenvalue weighted by molar-refractivity contribution is 0.480. The van der Waals surface area contributed by atoms with Gasteiger partial charge < -0.3 is 0 Å². The van der Waals surface area contributed by atoms with Crippen LogP contribution in [0.15, 0.2) is 13.2 Å². The second-order valence-corrected chi connectivity index (χ2v) is 11.4. The molecule has 5 heteroatoms. The fourth-order valence-electron chi connectivity index (χ4n) is 0.996. The monoisotopic (exact) mass is 322 g/mol. The fourth-order valence-corrected chi connectivity index (χ4v) is 6.30. The van der Waals surface area contributed by atoms with Crippen molar-refractivity contribution in [3.05, 3.63) is 8.85 Å². The third kappa shape index (κ3) is 6.64. The molecule has 0 saturated heterocycles. The van der Waals surface area contributed by atoms with Crippen LogP contribution in [0.5, 0.6) is 0 Å². The summed E-state index contributed by atoms with van der Waals surface area (Å²) in [6.45, 7) is 13.4. The van der Waals surface area contributed by atoms with Crippen LogP contribution < -0.4 is 4.06 Å². The average Bonchev–Trinajstić information content (AvgIpc) is 2.51. The number of thioether (sulfide) groups is 2. The predicted molar refractivity (Wildman–Crippen MR) is 88.8 cm³/mol. The largest absolute Gasteiger partial charge is 0.289 e. The van der Waals surface area contributed by atoms with Crippen LogP contribution in [0.1, 0.15) is 41.5 Å². The van der Waals surface area contributed by atoms with Crippen molar-refractivity contribution in [2.24, 2.45) is 10.8 Å². The second kappa shape index (κ2) is 6.33. The Morgan fingerprint density at radius 3 is 1.44 bits per heavy atom. The highest BCUT2D eigenvalue weighted by atomic mass is 32.2. The quantitative estimate of drug-likeness (QED) is 0.686. The molecule has 1 heterocycles. The highest BCUT2D eigenvalue weighted by molar-refractivity contribution is 8.05. The molecular formula is C13H22OS4. The first-order chi connectivity index (χ1) is 8.07. The lowest BCUT2D eigenvalue weighted by atomic mass is 10.0. The van der Waals surface area contributed by atoms with E-state index in [1.807, 2.05) is 23.5 Å². The Balaban J connectivity index is 2.71. The summed E-state index contributed by atoms with van der Waals surface area (Å²) < 4.78 is 2.66. The molecule has 0 saturated carbocycles. The molecular weight excluding hydrogens is 300 g/mol. The standard InChI is InChI=1S/C13H22OS4/c1-12(2,3)7-15-9-10(18-11(14)17-9)16-8-13(4,5)6/h7-8H2,1-6H3. The van der Waals surface area contributed by atoms with Gasteiger partial charge in [-0.3, -0.25) is 4.79 Å². The Bertz CT molecular complexity index is 393. The molecule has 1 rings (SSSR count). The van der Waals surface area contributed by atoms with Crippen LogP contribution in [-0.2, 0) is 0 Å². The summed E-state index contributed by atoms with van der Waals surface area (Å²) >= 11 is 6.49. The summed E-state index contributed by atoms with van der Waals surface area (Å²) in [5.74, 6) is 2.12. The lowest BCUT2D eigenvalue weighted by Crippen LogP contribution is -2.08. The maximum Gasteiger partial charge on any atom is 0.289 e. The first kappa shape index (κ1) is 16.6. The molecule has 0 aliphatic heterocycles. The van der Waals surface area contributed by atoms with Gasteiger partial charge in [-0.05, 0) is 10.8 Å². The van der Waals surface area contributed by atoms with Crippen LogP contribution in [0, 0.1) is 10.8 Å². The molecule has 1 nitrogen and oxygen atoms in total. The van der Waals surface area contributed by atoms with E-state index in [4.69, 9.17) is 0 Å². The highest BCUT2D eigenvalue weighted by Crippen LogP contribution is 2.40. The van der Waals surface area contributed by atoms with E-state index >= 15 is 0 Å². The van der Waals surface area contributed by atoms with Gasteiger partial charge in [-0.2, -0.15) is 0 Å². The number of rotatable bonds is 4. The van der Waals surface area contributed by atoms with E-state index in [2.05, 4.69) is 41.5 Å². The lowest BCUT2D eigenvalue weighted by Gasteiger charge is -2.18. The summed E-state index contributed by atoms with van der Waals surface area (Å²) in [4.78, 5) is 11.6. The first-order valence-electron chi connectivity index (χ1n) is 5.96. The summed E-state index contributed by atoms with van der Waals surface area (Å²) in [7, 11) is 0. The van der Waals surface area contributed by atoms with Crippen LogP contribution in [-0.4, -0.2) is 11.5 Å². The van der Waals surface area contributed by atoms with Gasteiger partial charge in [0, 0.05) is 11.5 Å². The highest BCUT2D eigenvalue weighted by Gasteiger charge is 2.18. The van der Waals surface area contributed by atoms with Crippen molar-refractivity contribution in [2.75, 3.05) is 11.5 Å². The third-order valence-electron chi connectivity index (χ3n) is 1.79. The van der Waals surface area contributed by atoms with Crippen molar-refractivity contribution in [1.29, 1.82) is 0 Å². The smallest absolute Gasteiger partial charge is 0.265 e. The van der Waals surface area contributed by atoms with Gasteiger partial charge in [-0.1, -0.05) is 64.2 Å². The first-order valence-corrected chi connectivity index (χ1v) is 9.57. The van der Waals surface area contributed by atoms with E-state index in [9.17, 15) is 4.79 Å². The normalized spacial score (nSPS) is 13.0. The van der Waals surface area contributed by atoms with E-state index in [1.165, 1.54) is 31.1 Å². The third-order valence-corrected chi connectivity index (χ3v) is 8.08. The van der Waals surface area contributed by atoms with Gasteiger partial charge in [0.1, 0.15) is 0 Å². The molecule has 0 amide bonds. The molecule has 0 fully saturated rings. The average molecular weight is 323 g/mol. The van der Waals surface area contributed by atoms with Gasteiger partial charge in [0.2, 0.25) is 0 Å². The van der Waals surface area contributed by atoms with Crippen molar-refractivity contribution in [1.82, 2.24) is 0 Å². The van der Waals surface area contributed by atoms with Crippen molar-refractivity contribution in [2.45, 2.75) is 50.0 Å². The molecule has 0 aromatic carbocycles. The summed E-state index contributed by atoms with van der Waals surface area (Å²) in [6, 6.07) is 0. The SMILES string of the molecule is CC(C)(C)CSc1sc(=O)sc1SCC(C)(C)C. The van der Waals surface area contributed by atoms with Crippen LogP contribution in [0.3, 0.4) is 0 Å². The van der Waals surface area contributed by atoms with Crippen LogP contribution in [0.4, 0.5) is 0 Å². The summed E-state index contributed by atoms with van der Waals surface area (Å²) in [5.41, 5.74) is 0.600. The Hall–Kier alpha value is 0.550. The topological polar surface area (TPSA) is 17.1 Å². The molecule has 0 bridgehead atoms. The maximum absolute atomic E-state index is 11.6. The van der Waals surface area contributed by atoms with Crippen LogP contribution in [0.25, 0.3) is 0 Å². The van der Waals surface area contributed by atoms with E-state index < -0.39 is 0 Å². The van der Waals surface area contributed by atoms with E-state index in [1.54, 1.807) is 0 Å². The summed E-state index contributed by atoms with van der Waals surface area (Å²) in [5, 5.41) is 0. The number of hydrogen-bond acceptors (Lipinski definition) is 5. The van der Waals surface area contributed by atoms with Gasteiger partial charge in [0.15, 0.2) is 0 Å². The molecule has 0 N–H and O–H groups in total. The molecule has 0 radical (unpaired) electrons. The summed E-state index contributed by atoms with van der Waals surface area (Å²) in [6.07, 6.45) is 0. The fraction of sp³-hybridized carbons (Fsp3) is 0.769. The molecule has 0 spiro atoms. The zero-order chi connectivity index (χ0) is 14.0. The van der Waals surface area contributed by atoms with Crippen molar-refractivity contribution < 1.29 is 0 Å². The Kier molecular flexibility index (Phi) is 5.84. The second-order valence-electron chi connectivity index (χ2n) is 6.73. The molecule has 18 heavy (non-hydrogen) atoms. The molecule has 1 aromatic heterocycles. The minimum Gasteiger partial charge on any atom is -0.265 e. The van der Waals surface area contributed by atoms with Crippen molar-refractivity contribution in [3.63, 3.8) is 0 Å². The van der Waals surface area contributed by atoms with Gasteiger partial charge in [-0.15, -0.1) is 23.5 Å². The van der Waals surface area contributed by atoms with Crippen LogP contribution in [0.2, 0.25) is 0 Å². The van der Waals surface area contributed by atoms with Gasteiger partial charge in [0.05, 0.1) is 8.42 Å². The van der Waals surface area contributed by atoms with Crippen molar-refractivity contribution >= 4 is 46.2 Å². The molecule has 0 aliphatic carbocycles. The molecule has 0 atom stereocenters. The van der Waals surface area contributed by atoms with E-state index in [-0.39, 0.29) is 4.06 Å². The Labute approximate surface area is 127 Å². The van der Waals surface area contributed by atoms with E-state index in [0.717, 1.165) is 11.5 Å². The molecule has 0 unspecified atom stereocenters. The zero-order valence-corrected chi connectivity index (χ0v) is 15.2.